The number of nitrogens with one attached hydrogen (secondary N) is 1. The van der Waals surface area contributed by atoms with Gasteiger partial charge >= 0.3 is 6.18 Å². The maximum Gasteiger partial charge on any atom is 0.417 e. The van der Waals surface area contributed by atoms with Crippen molar-refractivity contribution in [2.75, 3.05) is 12.4 Å². The lowest BCUT2D eigenvalue weighted by atomic mass is 9.77. The molecule has 0 aliphatic heterocycles. The first-order chi connectivity index (χ1) is 19.8. The molecule has 7 heteroatoms. The van der Waals surface area contributed by atoms with E-state index in [9.17, 15) is 17.6 Å². The van der Waals surface area contributed by atoms with E-state index >= 15 is 0 Å². The van der Waals surface area contributed by atoms with Crippen LogP contribution in [-0.2, 0) is 11.7 Å². The van der Waals surface area contributed by atoms with Crippen molar-refractivity contribution in [1.29, 1.82) is 0 Å². The van der Waals surface area contributed by atoms with Crippen LogP contribution in [0.2, 0.25) is 0 Å². The number of rotatable bonds is 6. The molecule has 1 aromatic heterocycles. The Morgan fingerprint density at radius 2 is 1.20 bits per heavy atom. The second-order valence-corrected chi connectivity index (χ2v) is 9.74. The molecular formula is C34H25F4N3. The largest absolute Gasteiger partial charge is 0.417 e. The maximum absolute atomic E-state index is 14.2. The van der Waals surface area contributed by atoms with Crippen LogP contribution in [0.4, 0.5) is 23.4 Å². The molecule has 0 fully saturated rings. The van der Waals surface area contributed by atoms with Gasteiger partial charge in [0.05, 0.1) is 11.1 Å². The molecule has 3 nitrogen and oxygen atoms in total. The molecular weight excluding hydrogens is 526 g/mol. The molecule has 41 heavy (non-hydrogen) atoms. The van der Waals surface area contributed by atoms with Gasteiger partial charge in [-0.3, -0.25) is 0 Å². The van der Waals surface area contributed by atoms with Gasteiger partial charge in [0, 0.05) is 12.4 Å². The van der Waals surface area contributed by atoms with Crippen molar-refractivity contribution in [3.05, 3.63) is 155 Å². The molecule has 1 N–H and O–H groups in total. The molecule has 0 bridgehead atoms. The van der Waals surface area contributed by atoms with Crippen molar-refractivity contribution < 1.29 is 17.6 Å². The highest BCUT2D eigenvalue weighted by Crippen LogP contribution is 2.45. The molecule has 204 valence electrons. The summed E-state index contributed by atoms with van der Waals surface area (Å²) in [6.07, 6.45) is -4.64. The lowest BCUT2D eigenvalue weighted by Crippen LogP contribution is -2.38. The zero-order valence-electron chi connectivity index (χ0n) is 22.0. The molecule has 0 spiro atoms. The minimum atomic E-state index is -4.64. The van der Waals surface area contributed by atoms with Gasteiger partial charge < -0.3 is 5.32 Å². The van der Waals surface area contributed by atoms with E-state index in [0.717, 1.165) is 34.9 Å². The molecule has 0 amide bonds. The van der Waals surface area contributed by atoms with Crippen LogP contribution < -0.4 is 5.32 Å². The summed E-state index contributed by atoms with van der Waals surface area (Å²) >= 11 is 0. The Labute approximate surface area is 234 Å². The normalized spacial score (nSPS) is 12.0. The number of anilines is 1. The summed E-state index contributed by atoms with van der Waals surface area (Å²) in [7, 11) is 1.72. The van der Waals surface area contributed by atoms with Gasteiger partial charge in [0.15, 0.2) is 5.82 Å². The minimum Gasteiger partial charge on any atom is -0.371 e. The van der Waals surface area contributed by atoms with Crippen LogP contribution in [0.15, 0.2) is 127 Å². The average molecular weight is 552 g/mol. The topological polar surface area (TPSA) is 29.9 Å². The number of hydrogen-bond donors (Lipinski definition) is 1. The number of benzene rings is 5. The Balaban J connectivity index is 1.70. The SMILES string of the molecule is CNc1nn(C(c2ccccc2)(c2ccccc2)c2ccccc2)c2ccc(-c3cc(F)ccc3C(F)(F)F)cc12. The summed E-state index contributed by atoms with van der Waals surface area (Å²) in [5.41, 5.74) is 1.76. The van der Waals surface area contributed by atoms with E-state index in [1.165, 1.54) is 0 Å². The summed E-state index contributed by atoms with van der Waals surface area (Å²) in [4.78, 5) is 0. The van der Waals surface area contributed by atoms with Gasteiger partial charge in [0.2, 0.25) is 0 Å². The van der Waals surface area contributed by atoms with Crippen molar-refractivity contribution in [1.82, 2.24) is 9.78 Å². The average Bonchev–Trinajstić information content (AvgIpc) is 3.37. The van der Waals surface area contributed by atoms with Crippen LogP contribution in [0.25, 0.3) is 22.0 Å². The van der Waals surface area contributed by atoms with E-state index in [1.807, 2.05) is 95.7 Å². The second kappa shape index (κ2) is 10.2. The Morgan fingerprint density at radius 3 is 1.68 bits per heavy atom. The monoisotopic (exact) mass is 551 g/mol. The third-order valence-corrected chi connectivity index (χ3v) is 7.41. The molecule has 0 radical (unpaired) electrons. The van der Waals surface area contributed by atoms with E-state index in [2.05, 4.69) is 5.32 Å². The first kappa shape index (κ1) is 26.3. The van der Waals surface area contributed by atoms with Crippen LogP contribution in [0.1, 0.15) is 22.3 Å². The van der Waals surface area contributed by atoms with Gasteiger partial charge in [-0.2, -0.15) is 18.3 Å². The Morgan fingerprint density at radius 1 is 0.659 bits per heavy atom. The summed E-state index contributed by atoms with van der Waals surface area (Å²) in [5.74, 6) is -0.257. The third-order valence-electron chi connectivity index (χ3n) is 7.41. The van der Waals surface area contributed by atoms with Crippen molar-refractivity contribution in [3.8, 4) is 11.1 Å². The molecule has 0 aliphatic rings. The fourth-order valence-electron chi connectivity index (χ4n) is 5.63. The Bertz CT molecular complexity index is 1720. The predicted molar refractivity (Wildman–Crippen MR) is 154 cm³/mol. The molecule has 0 saturated carbocycles. The van der Waals surface area contributed by atoms with E-state index in [1.54, 1.807) is 25.2 Å². The summed E-state index contributed by atoms with van der Waals surface area (Å²) in [6, 6.07) is 37.5. The number of halogens is 4. The zero-order valence-corrected chi connectivity index (χ0v) is 22.0. The van der Waals surface area contributed by atoms with Gasteiger partial charge in [-0.05, 0) is 58.1 Å². The lowest BCUT2D eigenvalue weighted by Gasteiger charge is -2.37. The molecule has 5 aromatic carbocycles. The van der Waals surface area contributed by atoms with Crippen molar-refractivity contribution >= 4 is 16.7 Å². The molecule has 1 heterocycles. The van der Waals surface area contributed by atoms with Gasteiger partial charge in [-0.1, -0.05) is 97.1 Å². The quantitative estimate of drug-likeness (QED) is 0.166. The van der Waals surface area contributed by atoms with Gasteiger partial charge in [0.25, 0.3) is 0 Å². The van der Waals surface area contributed by atoms with Crippen molar-refractivity contribution in [3.63, 3.8) is 0 Å². The fraction of sp³-hybridized carbons (Fsp3) is 0.0882. The van der Waals surface area contributed by atoms with Crippen LogP contribution in [0.3, 0.4) is 0 Å². The summed E-state index contributed by atoms with van der Waals surface area (Å²) in [6.45, 7) is 0. The minimum absolute atomic E-state index is 0.227. The maximum atomic E-state index is 14.2. The van der Waals surface area contributed by atoms with E-state index in [4.69, 9.17) is 5.10 Å². The number of fused-ring (bicyclic) bond motifs is 1. The molecule has 6 aromatic rings. The van der Waals surface area contributed by atoms with Crippen molar-refractivity contribution in [2.24, 2.45) is 0 Å². The number of alkyl halides is 3. The second-order valence-electron chi connectivity index (χ2n) is 9.74. The van der Waals surface area contributed by atoms with Crippen LogP contribution >= 0.6 is 0 Å². The van der Waals surface area contributed by atoms with Gasteiger partial charge in [-0.15, -0.1) is 0 Å². The Hall–Kier alpha value is -4.91. The highest BCUT2D eigenvalue weighted by Gasteiger charge is 2.41. The lowest BCUT2D eigenvalue weighted by molar-refractivity contribution is -0.137. The third kappa shape index (κ3) is 4.43. The number of nitrogens with zero attached hydrogens (tertiary/aromatic N) is 2. The zero-order chi connectivity index (χ0) is 28.6. The van der Waals surface area contributed by atoms with Crippen LogP contribution in [0, 0.1) is 5.82 Å². The highest BCUT2D eigenvalue weighted by molar-refractivity contribution is 5.94. The fourth-order valence-corrected chi connectivity index (χ4v) is 5.63. The molecule has 0 saturated heterocycles. The molecule has 0 unspecified atom stereocenters. The standard InChI is InChI=1S/C34H25F4N3/c1-39-32-29-21-23(28-22-27(35)18-19-30(28)34(36,37)38)17-20-31(29)41(40-32)33(24-11-5-2-6-12-24,25-13-7-3-8-14-25)26-15-9-4-10-16-26/h2-22H,1H3,(H,39,40). The molecule has 0 atom stereocenters. The van der Waals surface area contributed by atoms with E-state index in [0.29, 0.717) is 16.7 Å². The number of hydrogen-bond acceptors (Lipinski definition) is 2. The smallest absolute Gasteiger partial charge is 0.371 e. The summed E-state index contributed by atoms with van der Waals surface area (Å²) < 4.78 is 57.8. The molecule has 0 aliphatic carbocycles. The highest BCUT2D eigenvalue weighted by atomic mass is 19.4. The van der Waals surface area contributed by atoms with E-state index in [-0.39, 0.29) is 11.1 Å². The van der Waals surface area contributed by atoms with Crippen LogP contribution in [-0.4, -0.2) is 16.8 Å². The van der Waals surface area contributed by atoms with Crippen molar-refractivity contribution in [2.45, 2.75) is 11.7 Å². The molecule has 6 rings (SSSR count). The predicted octanol–water partition coefficient (Wildman–Crippen LogP) is 8.74. The number of aromatic nitrogens is 2. The van der Waals surface area contributed by atoms with Crippen LogP contribution in [0.5, 0.6) is 0 Å². The first-order valence-corrected chi connectivity index (χ1v) is 13.1. The van der Waals surface area contributed by atoms with Gasteiger partial charge in [0.1, 0.15) is 11.4 Å². The van der Waals surface area contributed by atoms with E-state index < -0.39 is 23.1 Å². The first-order valence-electron chi connectivity index (χ1n) is 13.1. The summed E-state index contributed by atoms with van der Waals surface area (Å²) in [5, 5.41) is 8.77. The van der Waals surface area contributed by atoms with Gasteiger partial charge in [-0.25, -0.2) is 9.07 Å². The Kier molecular flexibility index (Phi) is 6.58.